The fraction of sp³-hybridized carbons (Fsp3) is 0.0769. The minimum atomic E-state index is 0.319. The van der Waals surface area contributed by atoms with E-state index < -0.39 is 0 Å². The van der Waals surface area contributed by atoms with E-state index in [1.54, 1.807) is 17.4 Å². The second kappa shape index (κ2) is 5.55. The molecule has 30 heavy (non-hydrogen) atoms. The summed E-state index contributed by atoms with van der Waals surface area (Å²) >= 11 is 1.69. The van der Waals surface area contributed by atoms with Gasteiger partial charge < -0.3 is 0 Å². The second-order valence-corrected chi connectivity index (χ2v) is 8.97. The summed E-state index contributed by atoms with van der Waals surface area (Å²) in [6.45, 7) is 2.20. The van der Waals surface area contributed by atoms with Crippen molar-refractivity contribution in [2.75, 3.05) is 0 Å². The summed E-state index contributed by atoms with van der Waals surface area (Å²) in [5.74, 6) is 0. The van der Waals surface area contributed by atoms with Crippen molar-refractivity contribution in [3.63, 3.8) is 0 Å². The Morgan fingerprint density at radius 1 is 0.967 bits per heavy atom. The molecule has 0 aliphatic carbocycles. The van der Waals surface area contributed by atoms with Crippen molar-refractivity contribution in [2.24, 2.45) is 7.05 Å². The first-order valence-electron chi connectivity index (χ1n) is 10.6. The van der Waals surface area contributed by atoms with Gasteiger partial charge in [-0.05, 0) is 42.8 Å². The molecule has 0 atom stereocenters. The van der Waals surface area contributed by atoms with Gasteiger partial charge in [0.25, 0.3) is 0 Å². The molecular formula is C26H18N3S+. The Bertz CT molecular complexity index is 1830. The van der Waals surface area contributed by atoms with Crippen molar-refractivity contribution in [3.8, 4) is 11.3 Å². The van der Waals surface area contributed by atoms with E-state index in [-0.39, 0.29) is 0 Å². The zero-order valence-electron chi connectivity index (χ0n) is 17.6. The highest BCUT2D eigenvalue weighted by molar-refractivity contribution is 7.25. The lowest BCUT2D eigenvalue weighted by molar-refractivity contribution is -0.660. The van der Waals surface area contributed by atoms with Crippen LogP contribution in [0.3, 0.4) is 0 Å². The van der Waals surface area contributed by atoms with Crippen molar-refractivity contribution >= 4 is 59.0 Å². The van der Waals surface area contributed by atoms with E-state index >= 15 is 0 Å². The van der Waals surface area contributed by atoms with Crippen LogP contribution in [-0.4, -0.2) is 9.38 Å². The lowest BCUT2D eigenvalue weighted by atomic mass is 10.0. The van der Waals surface area contributed by atoms with Crippen molar-refractivity contribution in [1.29, 1.82) is 0 Å². The van der Waals surface area contributed by atoms with E-state index in [0.717, 1.165) is 10.2 Å². The van der Waals surface area contributed by atoms with Gasteiger partial charge in [-0.1, -0.05) is 29.5 Å². The van der Waals surface area contributed by atoms with Gasteiger partial charge in [-0.3, -0.25) is 4.40 Å². The average Bonchev–Trinajstić information content (AvgIpc) is 3.38. The van der Waals surface area contributed by atoms with Crippen LogP contribution in [0.1, 0.15) is 6.93 Å². The summed E-state index contributed by atoms with van der Waals surface area (Å²) < 4.78 is 12.5. The summed E-state index contributed by atoms with van der Waals surface area (Å²) in [5.41, 5.74) is 6.25. The summed E-state index contributed by atoms with van der Waals surface area (Å²) in [6.07, 6.45) is 2.42. The number of aromatic nitrogens is 3. The minimum absolute atomic E-state index is 0.319. The summed E-state index contributed by atoms with van der Waals surface area (Å²) in [6, 6.07) is 21.5. The Kier molecular flexibility index (Phi) is 2.84. The van der Waals surface area contributed by atoms with Gasteiger partial charge in [0.1, 0.15) is 16.7 Å². The molecular weight excluding hydrogens is 386 g/mol. The molecule has 0 spiro atoms. The van der Waals surface area contributed by atoms with E-state index in [0.29, 0.717) is 6.17 Å². The number of aryl methyl sites for hydroxylation is 2. The number of nitrogens with zero attached hydrogens (tertiary/aromatic N) is 3. The molecule has 0 N–H and O–H groups in total. The van der Waals surface area contributed by atoms with Gasteiger partial charge in [0.2, 0.25) is 5.69 Å². The molecule has 0 saturated heterocycles. The van der Waals surface area contributed by atoms with Crippen LogP contribution in [0.2, 0.25) is 0 Å². The molecule has 7 rings (SSSR count). The molecule has 2 aromatic carbocycles. The number of fused-ring (bicyclic) bond motifs is 8. The van der Waals surface area contributed by atoms with Crippen LogP contribution in [-0.2, 0) is 7.05 Å². The highest BCUT2D eigenvalue weighted by atomic mass is 32.1. The van der Waals surface area contributed by atoms with Gasteiger partial charge in [-0.15, -0.1) is 0 Å². The lowest BCUT2D eigenvalue weighted by Crippen LogP contribution is -2.30. The Balaban J connectivity index is 1.69. The number of benzene rings is 2. The van der Waals surface area contributed by atoms with E-state index in [2.05, 4.69) is 82.7 Å². The largest absolute Gasteiger partial charge is 0.299 e. The zero-order valence-corrected chi connectivity index (χ0v) is 17.4. The normalized spacial score (nSPS) is 12.8. The molecule has 142 valence electrons. The Labute approximate surface area is 178 Å². The molecule has 4 heteroatoms. The van der Waals surface area contributed by atoms with Crippen LogP contribution in [0.25, 0.3) is 58.9 Å². The van der Waals surface area contributed by atoms with Crippen molar-refractivity contribution < 1.29 is 5.94 Å². The molecule has 7 aromatic rings. The van der Waals surface area contributed by atoms with Gasteiger partial charge in [-0.25, -0.2) is 9.55 Å². The summed E-state index contributed by atoms with van der Waals surface area (Å²) in [5, 5.41) is 6.22. The highest BCUT2D eigenvalue weighted by Gasteiger charge is 2.22. The van der Waals surface area contributed by atoms with Crippen LogP contribution < -0.4 is 4.57 Å². The fourth-order valence-corrected chi connectivity index (χ4v) is 6.16. The Morgan fingerprint density at radius 3 is 2.73 bits per heavy atom. The predicted molar refractivity (Wildman–Crippen MR) is 126 cm³/mol. The fourth-order valence-electron chi connectivity index (χ4n) is 5.00. The third kappa shape index (κ3) is 1.89. The van der Waals surface area contributed by atoms with Gasteiger partial charge >= 0.3 is 0 Å². The molecule has 0 bridgehead atoms. The monoisotopic (exact) mass is 405 g/mol. The number of pyridine rings is 2. The van der Waals surface area contributed by atoms with E-state index in [9.17, 15) is 0 Å². The van der Waals surface area contributed by atoms with Crippen molar-refractivity contribution in [3.05, 3.63) is 78.6 Å². The molecule has 0 saturated carbocycles. The van der Waals surface area contributed by atoms with Gasteiger partial charge in [0.15, 0.2) is 6.20 Å². The SMILES string of the molecule is [2H]c1ccc2c(n1)sc1c2c2cccc3c4cc(-c5cccc[n+]5C)c(C)cc4n1c32. The standard InChI is InChI=1S/C26H18N3S/c1-15-13-22-20(14-19(15)21-10-3-4-12-28(21)2)16-7-5-8-17-23-18-9-6-11-27-25(18)30-26(23)29(22)24(16)17/h3-14H,1-2H3/q+1/i11D. The van der Waals surface area contributed by atoms with Crippen LogP contribution in [0, 0.1) is 6.92 Å². The smallest absolute Gasteiger partial charge is 0.212 e. The van der Waals surface area contributed by atoms with Crippen LogP contribution >= 0.6 is 11.3 Å². The average molecular weight is 406 g/mol. The van der Waals surface area contributed by atoms with E-state index in [1.807, 2.05) is 6.07 Å². The molecule has 0 radical (unpaired) electrons. The third-order valence-electron chi connectivity index (χ3n) is 6.33. The van der Waals surface area contributed by atoms with Crippen molar-refractivity contribution in [1.82, 2.24) is 9.38 Å². The molecule has 0 amide bonds. The van der Waals surface area contributed by atoms with Crippen LogP contribution in [0.4, 0.5) is 0 Å². The summed E-state index contributed by atoms with van der Waals surface area (Å²) in [7, 11) is 2.10. The van der Waals surface area contributed by atoms with Gasteiger partial charge in [0, 0.05) is 50.8 Å². The maximum Gasteiger partial charge on any atom is 0.212 e. The van der Waals surface area contributed by atoms with E-state index in [4.69, 9.17) is 1.37 Å². The molecule has 5 aromatic heterocycles. The maximum absolute atomic E-state index is 7.93. The van der Waals surface area contributed by atoms with Crippen molar-refractivity contribution in [2.45, 2.75) is 6.92 Å². The van der Waals surface area contributed by atoms with Gasteiger partial charge in [0.05, 0.1) is 12.4 Å². The molecule has 0 aliphatic rings. The number of para-hydroxylation sites is 1. The number of hydrogen-bond acceptors (Lipinski definition) is 2. The quantitative estimate of drug-likeness (QED) is 0.296. The Morgan fingerprint density at radius 2 is 1.83 bits per heavy atom. The second-order valence-electron chi connectivity index (χ2n) is 7.99. The highest BCUT2D eigenvalue weighted by Crippen LogP contribution is 2.45. The van der Waals surface area contributed by atoms with Crippen LogP contribution in [0.5, 0.6) is 0 Å². The maximum atomic E-state index is 7.93. The summed E-state index contributed by atoms with van der Waals surface area (Å²) in [4.78, 5) is 6.64. The molecule has 0 unspecified atom stereocenters. The Hall–Kier alpha value is -3.50. The molecule has 0 fully saturated rings. The molecule has 5 heterocycles. The first-order valence-corrected chi connectivity index (χ1v) is 10.9. The predicted octanol–water partition coefficient (Wildman–Crippen LogP) is 6.25. The van der Waals surface area contributed by atoms with Crippen LogP contribution in [0.15, 0.2) is 73.0 Å². The number of rotatable bonds is 1. The molecule has 3 nitrogen and oxygen atoms in total. The first kappa shape index (κ1) is 15.4. The number of hydrogen-bond donors (Lipinski definition) is 0. The topological polar surface area (TPSA) is 21.2 Å². The first-order chi connectivity index (χ1) is 15.1. The minimum Gasteiger partial charge on any atom is -0.299 e. The zero-order chi connectivity index (χ0) is 20.9. The lowest BCUT2D eigenvalue weighted by Gasteiger charge is -2.06. The third-order valence-corrected chi connectivity index (χ3v) is 7.42. The van der Waals surface area contributed by atoms with Gasteiger partial charge in [-0.2, -0.15) is 0 Å². The molecule has 0 aliphatic heterocycles. The number of thiophene rings is 1. The van der Waals surface area contributed by atoms with E-state index in [1.165, 1.54) is 54.2 Å².